The molecule has 6 heteroatoms. The molecule has 26 heavy (non-hydrogen) atoms. The highest BCUT2D eigenvalue weighted by molar-refractivity contribution is 5.90. The van der Waals surface area contributed by atoms with E-state index in [1.807, 2.05) is 66.3 Å². The number of aryl methyl sites for hydroxylation is 1. The third-order valence-electron chi connectivity index (χ3n) is 4.69. The van der Waals surface area contributed by atoms with E-state index in [-0.39, 0.29) is 6.03 Å². The normalized spacial score (nSPS) is 18.4. The van der Waals surface area contributed by atoms with Gasteiger partial charge in [0, 0.05) is 37.1 Å². The second kappa shape index (κ2) is 6.65. The number of urea groups is 1. The van der Waals surface area contributed by atoms with E-state index >= 15 is 0 Å². The van der Waals surface area contributed by atoms with Gasteiger partial charge in [-0.2, -0.15) is 0 Å². The smallest absolute Gasteiger partial charge is 0.319 e. The van der Waals surface area contributed by atoms with Gasteiger partial charge in [0.25, 0.3) is 0 Å². The molecule has 1 aliphatic carbocycles. The molecule has 0 aliphatic heterocycles. The van der Waals surface area contributed by atoms with Crippen molar-refractivity contribution in [1.82, 2.24) is 14.9 Å². The lowest BCUT2D eigenvalue weighted by molar-refractivity contribution is 0.144. The van der Waals surface area contributed by atoms with Crippen molar-refractivity contribution < 1.29 is 9.90 Å². The van der Waals surface area contributed by atoms with Gasteiger partial charge in [-0.1, -0.05) is 36.4 Å². The molecule has 4 rings (SSSR count). The first-order valence-corrected chi connectivity index (χ1v) is 8.53. The van der Waals surface area contributed by atoms with Crippen LogP contribution in [0.4, 0.5) is 10.5 Å². The molecule has 0 radical (unpaired) electrons. The maximum absolute atomic E-state index is 12.4. The highest BCUT2D eigenvalue weighted by Gasteiger charge is 2.31. The zero-order chi connectivity index (χ0) is 18.1. The number of hydrogen-bond donors (Lipinski definition) is 3. The van der Waals surface area contributed by atoms with Crippen LogP contribution < -0.4 is 10.6 Å². The van der Waals surface area contributed by atoms with Gasteiger partial charge in [0.2, 0.25) is 0 Å². The summed E-state index contributed by atoms with van der Waals surface area (Å²) in [4.78, 5) is 16.8. The standard InChI is InChI=1S/C20H20N4O2/c1-24-10-9-21-19(24)14-6-4-7-15(11-14)22-20(26)23-18-16-8-3-2-5-13(16)12-17(18)25/h2-11,17-18,25H,12H2,1H3,(H2,22,23,26)/t17-,18+/m0/s1. The van der Waals surface area contributed by atoms with Gasteiger partial charge >= 0.3 is 6.03 Å². The zero-order valence-electron chi connectivity index (χ0n) is 14.4. The number of anilines is 1. The van der Waals surface area contributed by atoms with E-state index in [0.717, 1.165) is 22.5 Å². The summed E-state index contributed by atoms with van der Waals surface area (Å²) in [6.45, 7) is 0. The Bertz CT molecular complexity index is 950. The van der Waals surface area contributed by atoms with Crippen molar-refractivity contribution in [2.45, 2.75) is 18.6 Å². The summed E-state index contributed by atoms with van der Waals surface area (Å²) >= 11 is 0. The number of benzene rings is 2. The minimum Gasteiger partial charge on any atom is -0.390 e. The molecule has 3 aromatic rings. The summed E-state index contributed by atoms with van der Waals surface area (Å²) in [5, 5.41) is 16.0. The van der Waals surface area contributed by atoms with Crippen molar-refractivity contribution in [2.24, 2.45) is 7.05 Å². The second-order valence-electron chi connectivity index (χ2n) is 6.49. The number of carbonyl (C=O) groups excluding carboxylic acids is 1. The summed E-state index contributed by atoms with van der Waals surface area (Å²) in [5.41, 5.74) is 3.63. The van der Waals surface area contributed by atoms with Crippen LogP contribution in [0, 0.1) is 0 Å². The molecule has 1 aliphatic rings. The molecule has 2 aromatic carbocycles. The Balaban J connectivity index is 1.48. The molecule has 0 spiro atoms. The van der Waals surface area contributed by atoms with Gasteiger partial charge in [0.1, 0.15) is 5.82 Å². The number of fused-ring (bicyclic) bond motifs is 1. The van der Waals surface area contributed by atoms with Crippen LogP contribution in [0.1, 0.15) is 17.2 Å². The van der Waals surface area contributed by atoms with Gasteiger partial charge in [0.15, 0.2) is 0 Å². The first-order valence-electron chi connectivity index (χ1n) is 8.53. The first kappa shape index (κ1) is 16.4. The zero-order valence-corrected chi connectivity index (χ0v) is 14.4. The third-order valence-corrected chi connectivity index (χ3v) is 4.69. The number of hydrogen-bond acceptors (Lipinski definition) is 3. The first-order chi connectivity index (χ1) is 12.6. The van der Waals surface area contributed by atoms with E-state index in [1.165, 1.54) is 0 Å². The molecule has 2 amide bonds. The number of nitrogens with zero attached hydrogens (tertiary/aromatic N) is 2. The van der Waals surface area contributed by atoms with Gasteiger partial charge < -0.3 is 20.3 Å². The molecule has 0 fully saturated rings. The van der Waals surface area contributed by atoms with Crippen LogP contribution in [0.25, 0.3) is 11.4 Å². The van der Waals surface area contributed by atoms with Crippen molar-refractivity contribution in [2.75, 3.05) is 5.32 Å². The lowest BCUT2D eigenvalue weighted by atomic mass is 10.1. The molecule has 6 nitrogen and oxygen atoms in total. The van der Waals surface area contributed by atoms with Crippen LogP contribution in [-0.4, -0.2) is 26.8 Å². The van der Waals surface area contributed by atoms with Crippen molar-refractivity contribution in [3.8, 4) is 11.4 Å². The number of aliphatic hydroxyl groups is 1. The molecular weight excluding hydrogens is 328 g/mol. The number of rotatable bonds is 3. The number of aromatic nitrogens is 2. The molecule has 0 bridgehead atoms. The molecule has 1 heterocycles. The van der Waals surface area contributed by atoms with Gasteiger partial charge in [-0.25, -0.2) is 9.78 Å². The van der Waals surface area contributed by atoms with Crippen LogP contribution >= 0.6 is 0 Å². The lowest BCUT2D eigenvalue weighted by Crippen LogP contribution is -2.36. The molecule has 1 aromatic heterocycles. The highest BCUT2D eigenvalue weighted by Crippen LogP contribution is 2.31. The average molecular weight is 348 g/mol. The molecule has 2 atom stereocenters. The highest BCUT2D eigenvalue weighted by atomic mass is 16.3. The minimum atomic E-state index is -0.614. The number of nitrogens with one attached hydrogen (secondary N) is 2. The van der Waals surface area contributed by atoms with Gasteiger partial charge in [-0.3, -0.25) is 0 Å². The average Bonchev–Trinajstić information content (AvgIpc) is 3.19. The predicted octanol–water partition coefficient (Wildman–Crippen LogP) is 2.87. The fourth-order valence-electron chi connectivity index (χ4n) is 3.44. The number of carbonyl (C=O) groups is 1. The fraction of sp³-hybridized carbons (Fsp3) is 0.200. The Morgan fingerprint density at radius 1 is 1.23 bits per heavy atom. The summed E-state index contributed by atoms with van der Waals surface area (Å²) in [6.07, 6.45) is 3.55. The predicted molar refractivity (Wildman–Crippen MR) is 99.7 cm³/mol. The molecule has 3 N–H and O–H groups in total. The van der Waals surface area contributed by atoms with E-state index in [9.17, 15) is 9.90 Å². The monoisotopic (exact) mass is 348 g/mol. The maximum atomic E-state index is 12.4. The third kappa shape index (κ3) is 3.07. The second-order valence-corrected chi connectivity index (χ2v) is 6.49. The number of aliphatic hydroxyl groups excluding tert-OH is 1. The minimum absolute atomic E-state index is 0.345. The molecule has 132 valence electrons. The quantitative estimate of drug-likeness (QED) is 0.681. The Hall–Kier alpha value is -3.12. The Kier molecular flexibility index (Phi) is 4.18. The van der Waals surface area contributed by atoms with Gasteiger partial charge in [-0.15, -0.1) is 0 Å². The molecule has 0 saturated heterocycles. The fourth-order valence-corrected chi connectivity index (χ4v) is 3.44. The Morgan fingerprint density at radius 2 is 2.08 bits per heavy atom. The van der Waals surface area contributed by atoms with Crippen molar-refractivity contribution in [1.29, 1.82) is 0 Å². The number of amides is 2. The van der Waals surface area contributed by atoms with Crippen LogP contribution in [0.15, 0.2) is 60.9 Å². The molecule has 0 saturated carbocycles. The van der Waals surface area contributed by atoms with E-state index in [0.29, 0.717) is 12.1 Å². The van der Waals surface area contributed by atoms with Crippen molar-refractivity contribution >= 4 is 11.7 Å². The van der Waals surface area contributed by atoms with E-state index in [4.69, 9.17) is 0 Å². The van der Waals surface area contributed by atoms with Crippen LogP contribution in [0.2, 0.25) is 0 Å². The van der Waals surface area contributed by atoms with Crippen molar-refractivity contribution in [3.05, 3.63) is 72.1 Å². The van der Waals surface area contributed by atoms with E-state index in [1.54, 1.807) is 6.20 Å². The van der Waals surface area contributed by atoms with E-state index in [2.05, 4.69) is 15.6 Å². The lowest BCUT2D eigenvalue weighted by Gasteiger charge is -2.18. The van der Waals surface area contributed by atoms with E-state index < -0.39 is 12.1 Å². The topological polar surface area (TPSA) is 79.2 Å². The SMILES string of the molecule is Cn1ccnc1-c1cccc(NC(=O)N[C@@H]2c3ccccc3C[C@@H]2O)c1. The summed E-state index contributed by atoms with van der Waals surface area (Å²) in [7, 11) is 1.92. The summed E-state index contributed by atoms with van der Waals surface area (Å²) < 4.78 is 1.92. The van der Waals surface area contributed by atoms with Gasteiger partial charge in [-0.05, 0) is 23.3 Å². The molecule has 0 unspecified atom stereocenters. The van der Waals surface area contributed by atoms with Crippen LogP contribution in [-0.2, 0) is 13.5 Å². The summed E-state index contributed by atoms with van der Waals surface area (Å²) in [6, 6.07) is 14.6. The van der Waals surface area contributed by atoms with Crippen LogP contribution in [0.5, 0.6) is 0 Å². The van der Waals surface area contributed by atoms with Crippen molar-refractivity contribution in [3.63, 3.8) is 0 Å². The maximum Gasteiger partial charge on any atom is 0.319 e. The largest absolute Gasteiger partial charge is 0.390 e. The Morgan fingerprint density at radius 3 is 2.88 bits per heavy atom. The molecular formula is C20H20N4O2. The summed E-state index contributed by atoms with van der Waals surface area (Å²) in [5.74, 6) is 0.828. The van der Waals surface area contributed by atoms with Crippen LogP contribution in [0.3, 0.4) is 0 Å². The number of imidazole rings is 1. The Labute approximate surface area is 151 Å². The van der Waals surface area contributed by atoms with Gasteiger partial charge in [0.05, 0.1) is 12.1 Å².